The standard InChI is InChI=1S/C33H39N5O4/c1-3-33(12-15-42-16-13-33)32(41)38(21-26-8-5-4-7-25(26)20-34-2)22-30(40)36-28-11-10-23-17-24-9-6-14-35-31(24)37-29(39)19-27(23)18-28/h4-11,14,18,34H,3,12-13,15-17,19-22H2,1-2H3,(H,36,40)(H,35,37,39). The summed E-state index contributed by atoms with van der Waals surface area (Å²) >= 11 is 0. The van der Waals surface area contributed by atoms with E-state index in [9.17, 15) is 14.4 Å². The fraction of sp³-hybridized carbons (Fsp3) is 0.394. The van der Waals surface area contributed by atoms with Crippen LogP contribution in [0.5, 0.6) is 0 Å². The van der Waals surface area contributed by atoms with Gasteiger partial charge in [-0.2, -0.15) is 0 Å². The van der Waals surface area contributed by atoms with Crippen LogP contribution in [0.25, 0.3) is 0 Å². The minimum absolute atomic E-state index is 0.00941. The van der Waals surface area contributed by atoms with Crippen molar-refractivity contribution in [2.75, 3.05) is 37.4 Å². The topological polar surface area (TPSA) is 113 Å². The molecule has 0 saturated carbocycles. The monoisotopic (exact) mass is 569 g/mol. The summed E-state index contributed by atoms with van der Waals surface area (Å²) in [4.78, 5) is 46.3. The van der Waals surface area contributed by atoms with Gasteiger partial charge in [0.05, 0.1) is 11.8 Å². The van der Waals surface area contributed by atoms with Crippen LogP contribution in [0.4, 0.5) is 11.5 Å². The summed E-state index contributed by atoms with van der Waals surface area (Å²) in [5, 5.41) is 9.07. The first kappa shape index (κ1) is 29.4. The maximum Gasteiger partial charge on any atom is 0.244 e. The molecule has 9 heteroatoms. The van der Waals surface area contributed by atoms with Crippen molar-refractivity contribution in [1.29, 1.82) is 0 Å². The van der Waals surface area contributed by atoms with Crippen molar-refractivity contribution in [3.8, 4) is 0 Å². The molecule has 5 rings (SSSR count). The number of benzene rings is 2. The number of pyridine rings is 1. The lowest BCUT2D eigenvalue weighted by molar-refractivity contribution is -0.150. The van der Waals surface area contributed by atoms with E-state index < -0.39 is 5.41 Å². The minimum Gasteiger partial charge on any atom is -0.381 e. The molecule has 42 heavy (non-hydrogen) atoms. The first-order valence-corrected chi connectivity index (χ1v) is 14.6. The number of carbonyl (C=O) groups excluding carboxylic acids is 3. The molecule has 0 spiro atoms. The quantitative estimate of drug-likeness (QED) is 0.358. The Hall–Kier alpha value is -4.08. The van der Waals surface area contributed by atoms with Crippen molar-refractivity contribution in [3.05, 3.63) is 88.6 Å². The Morgan fingerprint density at radius 1 is 1.00 bits per heavy atom. The average Bonchev–Trinajstić information content (AvgIpc) is 2.99. The van der Waals surface area contributed by atoms with Crippen molar-refractivity contribution in [1.82, 2.24) is 15.2 Å². The highest BCUT2D eigenvalue weighted by Crippen LogP contribution is 2.36. The lowest BCUT2D eigenvalue weighted by Crippen LogP contribution is -2.48. The fourth-order valence-corrected chi connectivity index (χ4v) is 5.96. The maximum absolute atomic E-state index is 14.1. The molecule has 0 unspecified atom stereocenters. The zero-order valence-electron chi connectivity index (χ0n) is 24.4. The van der Waals surface area contributed by atoms with E-state index >= 15 is 0 Å². The molecule has 3 heterocycles. The van der Waals surface area contributed by atoms with Crippen molar-refractivity contribution in [2.45, 2.75) is 52.1 Å². The van der Waals surface area contributed by atoms with E-state index in [0.717, 1.165) is 27.8 Å². The Kier molecular flexibility index (Phi) is 9.29. The number of hydrogen-bond acceptors (Lipinski definition) is 6. The number of fused-ring (bicyclic) bond motifs is 2. The Labute approximate surface area is 247 Å². The van der Waals surface area contributed by atoms with Crippen molar-refractivity contribution in [3.63, 3.8) is 0 Å². The highest BCUT2D eigenvalue weighted by Gasteiger charge is 2.41. The number of ether oxygens (including phenoxy) is 1. The largest absolute Gasteiger partial charge is 0.381 e. The highest BCUT2D eigenvalue weighted by molar-refractivity contribution is 5.96. The van der Waals surface area contributed by atoms with Crippen molar-refractivity contribution >= 4 is 29.2 Å². The Bertz CT molecular complexity index is 1450. The number of carbonyl (C=O) groups is 3. The number of nitrogens with one attached hydrogen (secondary N) is 3. The van der Waals surface area contributed by atoms with Crippen molar-refractivity contribution in [2.24, 2.45) is 5.41 Å². The van der Waals surface area contributed by atoms with Crippen LogP contribution in [0.15, 0.2) is 60.8 Å². The van der Waals surface area contributed by atoms with E-state index in [2.05, 4.69) is 20.9 Å². The van der Waals surface area contributed by atoms with Gasteiger partial charge in [0.25, 0.3) is 0 Å². The molecule has 1 aromatic heterocycles. The van der Waals surface area contributed by atoms with E-state index in [1.165, 1.54) is 0 Å². The second kappa shape index (κ2) is 13.3. The molecular weight excluding hydrogens is 530 g/mol. The van der Waals surface area contributed by atoms with E-state index in [1.54, 1.807) is 11.1 Å². The van der Waals surface area contributed by atoms with Crippen LogP contribution in [-0.4, -0.2) is 54.4 Å². The fourth-order valence-electron chi connectivity index (χ4n) is 5.96. The van der Waals surface area contributed by atoms with Gasteiger partial charge < -0.3 is 25.6 Å². The minimum atomic E-state index is -0.544. The number of aromatic nitrogens is 1. The Morgan fingerprint density at radius 2 is 1.79 bits per heavy atom. The van der Waals surface area contributed by atoms with Crippen LogP contribution in [0, 0.1) is 5.41 Å². The average molecular weight is 570 g/mol. The van der Waals surface area contributed by atoms with E-state index in [-0.39, 0.29) is 30.7 Å². The summed E-state index contributed by atoms with van der Waals surface area (Å²) in [6.07, 6.45) is 4.45. The van der Waals surface area contributed by atoms with Crippen LogP contribution >= 0.6 is 0 Å². The van der Waals surface area contributed by atoms with Crippen LogP contribution in [0.2, 0.25) is 0 Å². The molecule has 0 radical (unpaired) electrons. The van der Waals surface area contributed by atoms with Gasteiger partial charge in [0, 0.05) is 44.6 Å². The second-order valence-electron chi connectivity index (χ2n) is 11.2. The molecule has 0 atom stereocenters. The number of hydrogen-bond donors (Lipinski definition) is 3. The zero-order chi connectivity index (χ0) is 29.5. The molecule has 3 N–H and O–H groups in total. The van der Waals surface area contributed by atoms with E-state index in [1.807, 2.05) is 68.6 Å². The van der Waals surface area contributed by atoms with Gasteiger partial charge in [-0.15, -0.1) is 0 Å². The lowest BCUT2D eigenvalue weighted by atomic mass is 9.76. The van der Waals surface area contributed by atoms with Crippen LogP contribution in [0.1, 0.15) is 54.0 Å². The molecule has 0 bridgehead atoms. The molecular formula is C33H39N5O4. The van der Waals surface area contributed by atoms with Gasteiger partial charge in [-0.1, -0.05) is 43.3 Å². The summed E-state index contributed by atoms with van der Waals surface area (Å²) in [7, 11) is 1.89. The summed E-state index contributed by atoms with van der Waals surface area (Å²) in [6.45, 7) is 4.05. The van der Waals surface area contributed by atoms with Gasteiger partial charge in [0.15, 0.2) is 0 Å². The van der Waals surface area contributed by atoms with Gasteiger partial charge in [0.1, 0.15) is 12.4 Å². The Morgan fingerprint density at radius 3 is 2.55 bits per heavy atom. The van der Waals surface area contributed by atoms with Gasteiger partial charge in [0.2, 0.25) is 17.7 Å². The van der Waals surface area contributed by atoms with Crippen LogP contribution in [-0.2, 0) is 45.1 Å². The summed E-state index contributed by atoms with van der Waals surface area (Å²) < 4.78 is 5.58. The second-order valence-corrected chi connectivity index (χ2v) is 11.2. The van der Waals surface area contributed by atoms with Crippen LogP contribution in [0.3, 0.4) is 0 Å². The van der Waals surface area contributed by atoms with Crippen molar-refractivity contribution < 1.29 is 19.1 Å². The first-order valence-electron chi connectivity index (χ1n) is 14.6. The summed E-state index contributed by atoms with van der Waals surface area (Å²) in [5.41, 5.74) is 4.95. The molecule has 2 aliphatic heterocycles. The predicted molar refractivity (Wildman–Crippen MR) is 162 cm³/mol. The lowest BCUT2D eigenvalue weighted by Gasteiger charge is -2.39. The Balaban J connectivity index is 1.37. The molecule has 220 valence electrons. The molecule has 2 aliphatic rings. The third-order valence-electron chi connectivity index (χ3n) is 8.42. The highest BCUT2D eigenvalue weighted by atomic mass is 16.5. The molecule has 2 aromatic carbocycles. The number of anilines is 2. The van der Waals surface area contributed by atoms with Gasteiger partial charge >= 0.3 is 0 Å². The number of amides is 3. The molecule has 1 fully saturated rings. The molecule has 3 amide bonds. The molecule has 9 nitrogen and oxygen atoms in total. The molecule has 3 aromatic rings. The molecule has 0 aliphatic carbocycles. The number of nitrogens with zero attached hydrogens (tertiary/aromatic N) is 2. The maximum atomic E-state index is 14.1. The predicted octanol–water partition coefficient (Wildman–Crippen LogP) is 4.06. The smallest absolute Gasteiger partial charge is 0.244 e. The summed E-state index contributed by atoms with van der Waals surface area (Å²) in [6, 6.07) is 17.5. The zero-order valence-corrected chi connectivity index (χ0v) is 24.4. The van der Waals surface area contributed by atoms with Gasteiger partial charge in [-0.05, 0) is 72.3 Å². The normalized spacial score (nSPS) is 15.8. The van der Waals surface area contributed by atoms with Gasteiger partial charge in [-0.25, -0.2) is 4.98 Å². The molecule has 1 saturated heterocycles. The number of rotatable bonds is 9. The third-order valence-corrected chi connectivity index (χ3v) is 8.42. The van der Waals surface area contributed by atoms with Gasteiger partial charge in [-0.3, -0.25) is 14.4 Å². The summed E-state index contributed by atoms with van der Waals surface area (Å²) in [5.74, 6) is 0.140. The van der Waals surface area contributed by atoms with E-state index in [4.69, 9.17) is 4.74 Å². The first-order chi connectivity index (χ1) is 20.4. The third kappa shape index (κ3) is 6.69. The SMILES string of the molecule is CCC1(C(=O)N(CC(=O)Nc2ccc3c(c2)CC(=O)Nc2ncccc2C3)Cc2ccccc2CNC)CCOCC1. The van der Waals surface area contributed by atoms with E-state index in [0.29, 0.717) is 63.5 Å². The van der Waals surface area contributed by atoms with Crippen LogP contribution < -0.4 is 16.0 Å².